The maximum Gasteiger partial charge on any atom is 0.294 e. The van der Waals surface area contributed by atoms with Crippen molar-refractivity contribution in [3.63, 3.8) is 0 Å². The van der Waals surface area contributed by atoms with Crippen LogP contribution in [0.25, 0.3) is 5.69 Å². The maximum absolute atomic E-state index is 12.3. The molecule has 8 nitrogen and oxygen atoms in total. The lowest BCUT2D eigenvalue weighted by molar-refractivity contribution is -0.384. The van der Waals surface area contributed by atoms with E-state index in [1.54, 1.807) is 29.1 Å². The van der Waals surface area contributed by atoms with Crippen molar-refractivity contribution in [2.45, 2.75) is 19.3 Å². The number of nitro benzene ring substituents is 1. The molecule has 2 N–H and O–H groups in total. The van der Waals surface area contributed by atoms with E-state index in [2.05, 4.69) is 15.6 Å². The predicted molar refractivity (Wildman–Crippen MR) is 92.8 cm³/mol. The van der Waals surface area contributed by atoms with Gasteiger partial charge in [0.05, 0.1) is 11.3 Å². The van der Waals surface area contributed by atoms with Gasteiger partial charge in [-0.25, -0.2) is 4.98 Å². The first kappa shape index (κ1) is 17.1. The number of hydrogen-bond donors (Lipinski definition) is 2. The summed E-state index contributed by atoms with van der Waals surface area (Å²) >= 11 is 0. The number of hydrogen-bond acceptors (Lipinski definition) is 5. The first-order chi connectivity index (χ1) is 12.1. The number of piperidine rings is 1. The second kappa shape index (κ2) is 7.89. The van der Waals surface area contributed by atoms with Gasteiger partial charge in [-0.05, 0) is 50.4 Å². The summed E-state index contributed by atoms with van der Waals surface area (Å²) in [5.41, 5.74) is 0.548. The van der Waals surface area contributed by atoms with E-state index in [-0.39, 0.29) is 17.2 Å². The zero-order valence-corrected chi connectivity index (χ0v) is 13.9. The van der Waals surface area contributed by atoms with Crippen molar-refractivity contribution in [2.75, 3.05) is 19.6 Å². The van der Waals surface area contributed by atoms with Gasteiger partial charge in [-0.1, -0.05) is 0 Å². The minimum atomic E-state index is -0.486. The van der Waals surface area contributed by atoms with Gasteiger partial charge in [0, 0.05) is 30.6 Å². The topological polar surface area (TPSA) is 102 Å². The first-order valence-corrected chi connectivity index (χ1v) is 8.41. The summed E-state index contributed by atoms with van der Waals surface area (Å²) in [4.78, 5) is 27.0. The van der Waals surface area contributed by atoms with Crippen molar-refractivity contribution < 1.29 is 9.72 Å². The third kappa shape index (κ3) is 4.21. The largest absolute Gasteiger partial charge is 0.352 e. The van der Waals surface area contributed by atoms with Crippen molar-refractivity contribution in [3.8, 4) is 5.69 Å². The van der Waals surface area contributed by atoms with E-state index >= 15 is 0 Å². The van der Waals surface area contributed by atoms with E-state index in [9.17, 15) is 14.9 Å². The maximum atomic E-state index is 12.3. The van der Waals surface area contributed by atoms with E-state index in [0.29, 0.717) is 18.2 Å². The Morgan fingerprint density at radius 1 is 1.48 bits per heavy atom. The summed E-state index contributed by atoms with van der Waals surface area (Å²) in [5, 5.41) is 17.6. The summed E-state index contributed by atoms with van der Waals surface area (Å²) in [6, 6.07) is 4.48. The molecule has 0 saturated carbocycles. The second-order valence-electron chi connectivity index (χ2n) is 6.19. The number of benzene rings is 1. The predicted octanol–water partition coefficient (Wildman–Crippen LogP) is 1.90. The Hall–Kier alpha value is -2.74. The molecule has 1 aliphatic rings. The minimum Gasteiger partial charge on any atom is -0.352 e. The van der Waals surface area contributed by atoms with Gasteiger partial charge in [-0.15, -0.1) is 0 Å². The fourth-order valence-electron chi connectivity index (χ4n) is 3.09. The third-order valence-corrected chi connectivity index (χ3v) is 4.45. The number of nitrogens with zero attached hydrogens (tertiary/aromatic N) is 3. The molecule has 2 aromatic rings. The molecule has 0 aliphatic carbocycles. The molecule has 2 heterocycles. The van der Waals surface area contributed by atoms with Crippen LogP contribution in [-0.4, -0.2) is 40.0 Å². The van der Waals surface area contributed by atoms with Gasteiger partial charge in [-0.3, -0.25) is 14.9 Å². The first-order valence-electron chi connectivity index (χ1n) is 8.41. The lowest BCUT2D eigenvalue weighted by Gasteiger charge is -2.22. The monoisotopic (exact) mass is 343 g/mol. The molecule has 1 aromatic carbocycles. The highest BCUT2D eigenvalue weighted by atomic mass is 16.6. The Morgan fingerprint density at radius 2 is 2.36 bits per heavy atom. The molecule has 3 rings (SSSR count). The number of nitrogens with one attached hydrogen (secondary N) is 2. The number of carbonyl (C=O) groups is 1. The fourth-order valence-corrected chi connectivity index (χ4v) is 3.09. The quantitative estimate of drug-likeness (QED) is 0.616. The van der Waals surface area contributed by atoms with Crippen LogP contribution in [-0.2, 0) is 0 Å². The van der Waals surface area contributed by atoms with Gasteiger partial charge in [0.1, 0.15) is 5.69 Å². The standard InChI is InChI=1S/C17H21N5O3/c23-17(20-7-5-13-2-1-6-18-11-13)14-3-4-15(16(10-14)22(24)25)21-9-8-19-12-21/h3-4,8-10,12-13,18H,1-2,5-7,11H2,(H,20,23). The molecule has 1 amide bonds. The van der Waals surface area contributed by atoms with Crippen LogP contribution in [0.1, 0.15) is 29.6 Å². The van der Waals surface area contributed by atoms with Crippen LogP contribution in [0.2, 0.25) is 0 Å². The van der Waals surface area contributed by atoms with Crippen LogP contribution >= 0.6 is 0 Å². The Bertz CT molecular complexity index is 739. The van der Waals surface area contributed by atoms with Crippen LogP contribution in [0.5, 0.6) is 0 Å². The highest BCUT2D eigenvalue weighted by molar-refractivity contribution is 5.95. The number of amides is 1. The molecular weight excluding hydrogens is 322 g/mol. The molecule has 25 heavy (non-hydrogen) atoms. The van der Waals surface area contributed by atoms with E-state index in [1.165, 1.54) is 25.2 Å². The molecule has 1 atom stereocenters. The molecule has 1 aromatic heterocycles. The SMILES string of the molecule is O=C(NCCC1CCCNC1)c1ccc(-n2ccnc2)c([N+](=O)[O-])c1. The van der Waals surface area contributed by atoms with Crippen molar-refractivity contribution in [3.05, 3.63) is 52.6 Å². The molecule has 0 spiro atoms. The summed E-state index contributed by atoms with van der Waals surface area (Å²) in [7, 11) is 0. The summed E-state index contributed by atoms with van der Waals surface area (Å²) in [6.07, 6.45) is 7.91. The van der Waals surface area contributed by atoms with E-state index in [1.807, 2.05) is 0 Å². The van der Waals surface area contributed by atoms with Gasteiger partial charge in [-0.2, -0.15) is 0 Å². The lowest BCUT2D eigenvalue weighted by Crippen LogP contribution is -2.33. The molecule has 1 fully saturated rings. The Kier molecular flexibility index (Phi) is 5.39. The van der Waals surface area contributed by atoms with Crippen LogP contribution in [0.3, 0.4) is 0 Å². The van der Waals surface area contributed by atoms with Crippen molar-refractivity contribution in [1.82, 2.24) is 20.2 Å². The van der Waals surface area contributed by atoms with Gasteiger partial charge >= 0.3 is 0 Å². The van der Waals surface area contributed by atoms with Crippen LogP contribution < -0.4 is 10.6 Å². The number of nitro groups is 1. The number of rotatable bonds is 6. The Morgan fingerprint density at radius 3 is 3.04 bits per heavy atom. The lowest BCUT2D eigenvalue weighted by atomic mass is 9.96. The molecule has 132 valence electrons. The summed E-state index contributed by atoms with van der Waals surface area (Å²) in [6.45, 7) is 2.62. The molecule has 0 radical (unpaired) electrons. The summed E-state index contributed by atoms with van der Waals surface area (Å²) < 4.78 is 1.55. The Labute approximate surface area is 145 Å². The van der Waals surface area contributed by atoms with Crippen molar-refractivity contribution in [1.29, 1.82) is 0 Å². The molecule has 1 aliphatic heterocycles. The zero-order chi connectivity index (χ0) is 17.6. The van der Waals surface area contributed by atoms with Gasteiger partial charge in [0.25, 0.3) is 11.6 Å². The number of imidazole rings is 1. The smallest absolute Gasteiger partial charge is 0.294 e. The molecule has 1 unspecified atom stereocenters. The molecule has 1 saturated heterocycles. The van der Waals surface area contributed by atoms with E-state index in [0.717, 1.165) is 19.5 Å². The molecule has 0 bridgehead atoms. The fraction of sp³-hybridized carbons (Fsp3) is 0.412. The van der Waals surface area contributed by atoms with Gasteiger partial charge < -0.3 is 15.2 Å². The average Bonchev–Trinajstić information content (AvgIpc) is 3.16. The highest BCUT2D eigenvalue weighted by Gasteiger charge is 2.19. The summed E-state index contributed by atoms with van der Waals surface area (Å²) in [5.74, 6) is 0.288. The van der Waals surface area contributed by atoms with Crippen molar-refractivity contribution in [2.24, 2.45) is 5.92 Å². The normalized spacial score (nSPS) is 17.2. The van der Waals surface area contributed by atoms with Crippen molar-refractivity contribution >= 4 is 11.6 Å². The molecular formula is C17H21N5O3. The highest BCUT2D eigenvalue weighted by Crippen LogP contribution is 2.24. The second-order valence-corrected chi connectivity index (χ2v) is 6.19. The minimum absolute atomic E-state index is 0.123. The number of aromatic nitrogens is 2. The Balaban J connectivity index is 1.66. The van der Waals surface area contributed by atoms with E-state index < -0.39 is 4.92 Å². The third-order valence-electron chi connectivity index (χ3n) is 4.45. The average molecular weight is 343 g/mol. The van der Waals surface area contributed by atoms with Crippen LogP contribution in [0.4, 0.5) is 5.69 Å². The zero-order valence-electron chi connectivity index (χ0n) is 13.9. The van der Waals surface area contributed by atoms with Gasteiger partial charge in [0.2, 0.25) is 0 Å². The van der Waals surface area contributed by atoms with E-state index in [4.69, 9.17) is 0 Å². The van der Waals surface area contributed by atoms with Crippen LogP contribution in [0, 0.1) is 16.0 Å². The molecule has 8 heteroatoms. The van der Waals surface area contributed by atoms with Crippen LogP contribution in [0.15, 0.2) is 36.9 Å². The number of carbonyl (C=O) groups excluding carboxylic acids is 1. The van der Waals surface area contributed by atoms with Gasteiger partial charge in [0.15, 0.2) is 0 Å².